The van der Waals surface area contributed by atoms with Crippen LogP contribution in [0.1, 0.15) is 39.5 Å². The van der Waals surface area contributed by atoms with Crippen LogP contribution in [0.4, 0.5) is 11.4 Å². The molecule has 1 aromatic carbocycles. The zero-order valence-corrected chi connectivity index (χ0v) is 13.9. The zero-order chi connectivity index (χ0) is 16.8. The monoisotopic (exact) mass is 319 g/mol. The van der Waals surface area contributed by atoms with Crippen molar-refractivity contribution in [3.05, 3.63) is 18.2 Å². The largest absolute Gasteiger partial charge is 0.495 e. The molecule has 0 saturated heterocycles. The van der Waals surface area contributed by atoms with Crippen molar-refractivity contribution in [2.24, 2.45) is 0 Å². The van der Waals surface area contributed by atoms with Gasteiger partial charge in [0.1, 0.15) is 11.8 Å². The van der Waals surface area contributed by atoms with E-state index < -0.39 is 6.04 Å². The van der Waals surface area contributed by atoms with E-state index in [1.54, 1.807) is 25.3 Å². The first-order valence-corrected chi connectivity index (χ1v) is 8.02. The summed E-state index contributed by atoms with van der Waals surface area (Å²) in [7, 11) is 1.57. The number of amides is 2. The molecule has 1 aromatic rings. The number of hydrogen-bond donors (Lipinski definition) is 3. The predicted octanol–water partition coefficient (Wildman–Crippen LogP) is 2.51. The van der Waals surface area contributed by atoms with Gasteiger partial charge in [0.05, 0.1) is 12.8 Å². The van der Waals surface area contributed by atoms with E-state index in [0.717, 1.165) is 12.8 Å². The molecule has 6 heteroatoms. The number of hydrogen-bond acceptors (Lipinski definition) is 4. The number of carbonyl (C=O) groups is 2. The lowest BCUT2D eigenvalue weighted by atomic mass is 10.2. The van der Waals surface area contributed by atoms with Crippen LogP contribution in [0, 0.1) is 0 Å². The molecule has 1 aliphatic rings. The van der Waals surface area contributed by atoms with Crippen LogP contribution >= 0.6 is 0 Å². The van der Waals surface area contributed by atoms with Gasteiger partial charge in [0.15, 0.2) is 0 Å². The molecule has 0 radical (unpaired) electrons. The number of methoxy groups -OCH3 is 1. The smallest absolute Gasteiger partial charge is 0.242 e. The van der Waals surface area contributed by atoms with Gasteiger partial charge in [0, 0.05) is 18.7 Å². The van der Waals surface area contributed by atoms with E-state index in [4.69, 9.17) is 4.74 Å². The van der Waals surface area contributed by atoms with Crippen molar-refractivity contribution in [2.75, 3.05) is 17.7 Å². The van der Waals surface area contributed by atoms with Crippen LogP contribution in [0.2, 0.25) is 0 Å². The first-order valence-electron chi connectivity index (χ1n) is 8.02. The lowest BCUT2D eigenvalue weighted by Gasteiger charge is -2.20. The number of ether oxygens (including phenoxy) is 1. The van der Waals surface area contributed by atoms with Crippen molar-refractivity contribution >= 4 is 23.2 Å². The lowest BCUT2D eigenvalue weighted by molar-refractivity contribution is -0.122. The van der Waals surface area contributed by atoms with Gasteiger partial charge in [-0.15, -0.1) is 0 Å². The minimum atomic E-state index is -0.392. The molecule has 0 heterocycles. The summed E-state index contributed by atoms with van der Waals surface area (Å²) in [6, 6.07) is 5.18. The SMILES string of the molecule is COc1ccc(NC(C)=O)cc1NC(C)C(=O)NC1CCCC1. The highest BCUT2D eigenvalue weighted by atomic mass is 16.5. The Morgan fingerprint density at radius 2 is 1.96 bits per heavy atom. The van der Waals surface area contributed by atoms with Crippen molar-refractivity contribution in [1.82, 2.24) is 5.32 Å². The fourth-order valence-electron chi connectivity index (χ4n) is 2.80. The van der Waals surface area contributed by atoms with Crippen molar-refractivity contribution in [1.29, 1.82) is 0 Å². The summed E-state index contributed by atoms with van der Waals surface area (Å²) in [5.74, 6) is 0.455. The number of rotatable bonds is 6. The summed E-state index contributed by atoms with van der Waals surface area (Å²) in [4.78, 5) is 23.5. The van der Waals surface area contributed by atoms with Gasteiger partial charge in [-0.2, -0.15) is 0 Å². The van der Waals surface area contributed by atoms with Crippen LogP contribution in [0.3, 0.4) is 0 Å². The maximum atomic E-state index is 12.3. The van der Waals surface area contributed by atoms with Crippen molar-refractivity contribution in [3.8, 4) is 5.75 Å². The number of anilines is 2. The summed E-state index contributed by atoms with van der Waals surface area (Å²) < 4.78 is 5.31. The normalized spacial score (nSPS) is 15.8. The highest BCUT2D eigenvalue weighted by molar-refractivity contribution is 5.90. The second-order valence-corrected chi connectivity index (χ2v) is 5.95. The Hall–Kier alpha value is -2.24. The Balaban J connectivity index is 2.03. The molecule has 3 N–H and O–H groups in total. The van der Waals surface area contributed by atoms with Gasteiger partial charge in [-0.3, -0.25) is 9.59 Å². The third-order valence-corrected chi connectivity index (χ3v) is 3.99. The van der Waals surface area contributed by atoms with E-state index in [9.17, 15) is 9.59 Å². The zero-order valence-electron chi connectivity index (χ0n) is 13.9. The van der Waals surface area contributed by atoms with Gasteiger partial charge in [-0.1, -0.05) is 12.8 Å². The van der Waals surface area contributed by atoms with Crippen LogP contribution in [0.25, 0.3) is 0 Å². The molecule has 1 fully saturated rings. The third kappa shape index (κ3) is 4.87. The van der Waals surface area contributed by atoms with E-state index in [0.29, 0.717) is 23.2 Å². The summed E-state index contributed by atoms with van der Waals surface area (Å²) in [6.07, 6.45) is 4.47. The lowest BCUT2D eigenvalue weighted by Crippen LogP contribution is -2.42. The first-order chi connectivity index (χ1) is 11.0. The van der Waals surface area contributed by atoms with Gasteiger partial charge < -0.3 is 20.7 Å². The average Bonchev–Trinajstić information content (AvgIpc) is 2.99. The van der Waals surface area contributed by atoms with Crippen molar-refractivity contribution in [2.45, 2.75) is 51.6 Å². The molecular formula is C17H25N3O3. The predicted molar refractivity (Wildman–Crippen MR) is 90.8 cm³/mol. The highest BCUT2D eigenvalue weighted by Crippen LogP contribution is 2.28. The van der Waals surface area contributed by atoms with E-state index in [1.807, 2.05) is 6.92 Å². The maximum Gasteiger partial charge on any atom is 0.242 e. The molecule has 0 aliphatic heterocycles. The van der Waals surface area contributed by atoms with Crippen LogP contribution in [0.5, 0.6) is 5.75 Å². The molecular weight excluding hydrogens is 294 g/mol. The van der Waals surface area contributed by atoms with Gasteiger partial charge in [-0.05, 0) is 38.0 Å². The van der Waals surface area contributed by atoms with Crippen molar-refractivity contribution < 1.29 is 14.3 Å². The van der Waals surface area contributed by atoms with Crippen LogP contribution in [0.15, 0.2) is 18.2 Å². The van der Waals surface area contributed by atoms with E-state index >= 15 is 0 Å². The molecule has 23 heavy (non-hydrogen) atoms. The summed E-state index contributed by atoms with van der Waals surface area (Å²) >= 11 is 0. The van der Waals surface area contributed by atoms with Crippen LogP contribution in [-0.4, -0.2) is 31.0 Å². The fraction of sp³-hybridized carbons (Fsp3) is 0.529. The molecule has 0 aromatic heterocycles. The van der Waals surface area contributed by atoms with E-state index in [2.05, 4.69) is 16.0 Å². The molecule has 2 amide bonds. The number of benzene rings is 1. The summed E-state index contributed by atoms with van der Waals surface area (Å²) in [5.41, 5.74) is 1.33. The number of nitrogens with one attached hydrogen (secondary N) is 3. The second-order valence-electron chi connectivity index (χ2n) is 5.95. The molecule has 1 aliphatic carbocycles. The molecule has 126 valence electrons. The van der Waals surface area contributed by atoms with Gasteiger partial charge in [0.2, 0.25) is 11.8 Å². The Morgan fingerprint density at radius 3 is 2.57 bits per heavy atom. The Morgan fingerprint density at radius 1 is 1.26 bits per heavy atom. The molecule has 0 spiro atoms. The van der Waals surface area contributed by atoms with Crippen molar-refractivity contribution in [3.63, 3.8) is 0 Å². The Labute approximate surface area is 137 Å². The van der Waals surface area contributed by atoms with Gasteiger partial charge >= 0.3 is 0 Å². The first kappa shape index (κ1) is 17.1. The fourth-order valence-corrected chi connectivity index (χ4v) is 2.80. The summed E-state index contributed by atoms with van der Waals surface area (Å²) in [6.45, 7) is 3.27. The van der Waals surface area contributed by atoms with Gasteiger partial charge in [0.25, 0.3) is 0 Å². The molecule has 1 unspecified atom stereocenters. The maximum absolute atomic E-state index is 12.3. The number of carbonyl (C=O) groups excluding carboxylic acids is 2. The Kier molecular flexibility index (Phi) is 5.84. The van der Waals surface area contributed by atoms with Crippen LogP contribution in [-0.2, 0) is 9.59 Å². The standard InChI is InChI=1S/C17H25N3O3/c1-11(17(22)20-13-6-4-5-7-13)18-15-10-14(19-12(2)21)8-9-16(15)23-3/h8-11,13,18H,4-7H2,1-3H3,(H,19,21)(H,20,22). The quantitative estimate of drug-likeness (QED) is 0.753. The van der Waals surface area contributed by atoms with E-state index in [1.165, 1.54) is 19.8 Å². The Bertz CT molecular complexity index is 568. The molecule has 6 nitrogen and oxygen atoms in total. The molecule has 1 atom stereocenters. The second kappa shape index (κ2) is 7.85. The summed E-state index contributed by atoms with van der Waals surface area (Å²) in [5, 5.41) is 8.95. The van der Waals surface area contributed by atoms with Crippen LogP contribution < -0.4 is 20.7 Å². The van der Waals surface area contributed by atoms with Gasteiger partial charge in [-0.25, -0.2) is 0 Å². The third-order valence-electron chi connectivity index (χ3n) is 3.99. The highest BCUT2D eigenvalue weighted by Gasteiger charge is 2.21. The minimum absolute atomic E-state index is 0.0242. The van der Waals surface area contributed by atoms with E-state index in [-0.39, 0.29) is 11.8 Å². The average molecular weight is 319 g/mol. The molecule has 0 bridgehead atoms. The molecule has 1 saturated carbocycles. The minimum Gasteiger partial charge on any atom is -0.495 e. The topological polar surface area (TPSA) is 79.5 Å². The molecule has 2 rings (SSSR count).